The summed E-state index contributed by atoms with van der Waals surface area (Å²) in [6, 6.07) is 0. The average molecular weight is 201 g/mol. The topological polar surface area (TPSA) is 30.0 Å². The fourth-order valence-corrected chi connectivity index (χ4v) is 2.34. The van der Waals surface area contributed by atoms with Gasteiger partial charge in [0.2, 0.25) is 0 Å². The van der Waals surface area contributed by atoms with Gasteiger partial charge in [0.05, 0.1) is 26.7 Å². The van der Waals surface area contributed by atoms with Crippen LogP contribution >= 0.6 is 0 Å². The van der Waals surface area contributed by atoms with Gasteiger partial charge in [-0.05, 0) is 19.8 Å². The fourth-order valence-electron chi connectivity index (χ4n) is 2.34. The van der Waals surface area contributed by atoms with Crippen LogP contribution in [0.1, 0.15) is 51.9 Å². The molecular formula is C12H27NO. The van der Waals surface area contributed by atoms with Crippen molar-refractivity contribution in [3.05, 3.63) is 0 Å². The second-order valence-electron chi connectivity index (χ2n) is 5.78. The second-order valence-corrected chi connectivity index (χ2v) is 5.78. The molecule has 0 spiro atoms. The highest BCUT2D eigenvalue weighted by Gasteiger charge is 2.37. The average Bonchev–Trinajstić information content (AvgIpc) is 1.94. The van der Waals surface area contributed by atoms with Crippen LogP contribution in [0, 0.1) is 0 Å². The lowest BCUT2D eigenvalue weighted by molar-refractivity contribution is -0.923. The summed E-state index contributed by atoms with van der Waals surface area (Å²) in [6.07, 6.45) is 10.1. The van der Waals surface area contributed by atoms with Crippen LogP contribution in [0.3, 0.4) is 0 Å². The molecule has 0 atom stereocenters. The third kappa shape index (κ3) is 3.25. The molecule has 0 aromatic carbocycles. The SMILES string of the molecule is CC1([N+](C)(C)C)CCCCCCC1.[OH-]. The van der Waals surface area contributed by atoms with Gasteiger partial charge in [0.25, 0.3) is 0 Å². The molecule has 14 heavy (non-hydrogen) atoms. The molecule has 1 rings (SSSR count). The zero-order chi connectivity index (χ0) is 9.95. The van der Waals surface area contributed by atoms with Crippen molar-refractivity contribution in [2.45, 2.75) is 57.4 Å². The quantitative estimate of drug-likeness (QED) is 0.600. The second kappa shape index (κ2) is 5.13. The summed E-state index contributed by atoms with van der Waals surface area (Å²) in [7, 11) is 7.05. The van der Waals surface area contributed by atoms with Crippen molar-refractivity contribution in [2.24, 2.45) is 0 Å². The summed E-state index contributed by atoms with van der Waals surface area (Å²) >= 11 is 0. The minimum atomic E-state index is 0. The van der Waals surface area contributed by atoms with Gasteiger partial charge < -0.3 is 9.96 Å². The van der Waals surface area contributed by atoms with Gasteiger partial charge in [-0.1, -0.05) is 19.3 Å². The van der Waals surface area contributed by atoms with Crippen molar-refractivity contribution in [1.29, 1.82) is 0 Å². The molecule has 1 aliphatic carbocycles. The molecule has 86 valence electrons. The third-order valence-corrected chi connectivity index (χ3v) is 4.05. The summed E-state index contributed by atoms with van der Waals surface area (Å²) in [6.45, 7) is 2.47. The van der Waals surface area contributed by atoms with Gasteiger partial charge >= 0.3 is 0 Å². The Morgan fingerprint density at radius 2 is 1.14 bits per heavy atom. The standard InChI is InChI=1S/C12H26N.H2O/c1-12(13(2,3)4)10-8-6-5-7-9-11-12;/h5-11H2,1-4H3;1H2/q+1;/p-1. The largest absolute Gasteiger partial charge is 0.870 e. The van der Waals surface area contributed by atoms with E-state index in [4.69, 9.17) is 0 Å². The fraction of sp³-hybridized carbons (Fsp3) is 1.00. The molecule has 0 aliphatic heterocycles. The van der Waals surface area contributed by atoms with Crippen LogP contribution in [-0.4, -0.2) is 36.6 Å². The van der Waals surface area contributed by atoms with Gasteiger partial charge in [0.1, 0.15) is 0 Å². The lowest BCUT2D eigenvalue weighted by Crippen LogP contribution is -2.55. The van der Waals surface area contributed by atoms with Gasteiger partial charge in [0.15, 0.2) is 0 Å². The smallest absolute Gasteiger partial charge is 0.0957 e. The first-order valence-corrected chi connectivity index (χ1v) is 5.77. The van der Waals surface area contributed by atoms with Crippen molar-refractivity contribution in [3.8, 4) is 0 Å². The Morgan fingerprint density at radius 3 is 1.50 bits per heavy atom. The van der Waals surface area contributed by atoms with Crippen molar-refractivity contribution in [1.82, 2.24) is 0 Å². The number of rotatable bonds is 1. The van der Waals surface area contributed by atoms with Crippen LogP contribution < -0.4 is 0 Å². The molecule has 0 saturated heterocycles. The van der Waals surface area contributed by atoms with Crippen molar-refractivity contribution in [3.63, 3.8) is 0 Å². The minimum Gasteiger partial charge on any atom is -0.870 e. The molecule has 0 heterocycles. The zero-order valence-corrected chi connectivity index (χ0v) is 10.3. The van der Waals surface area contributed by atoms with Crippen LogP contribution in [0.15, 0.2) is 0 Å². The molecule has 0 amide bonds. The highest BCUT2D eigenvalue weighted by Crippen LogP contribution is 2.33. The lowest BCUT2D eigenvalue weighted by atomic mass is 9.83. The maximum atomic E-state index is 2.47. The van der Waals surface area contributed by atoms with E-state index in [1.165, 1.54) is 44.9 Å². The predicted molar refractivity (Wildman–Crippen MR) is 60.7 cm³/mol. The predicted octanol–water partition coefficient (Wildman–Crippen LogP) is 3.02. The van der Waals surface area contributed by atoms with E-state index in [1.54, 1.807) is 0 Å². The third-order valence-electron chi connectivity index (χ3n) is 4.05. The Hall–Kier alpha value is -0.0800. The lowest BCUT2D eigenvalue weighted by Gasteiger charge is -2.45. The maximum Gasteiger partial charge on any atom is 0.0957 e. The molecule has 1 fully saturated rings. The Labute approximate surface area is 89.2 Å². The highest BCUT2D eigenvalue weighted by molar-refractivity contribution is 4.76. The van der Waals surface area contributed by atoms with Crippen molar-refractivity contribution >= 4 is 0 Å². The Morgan fingerprint density at radius 1 is 0.786 bits per heavy atom. The molecule has 0 unspecified atom stereocenters. The number of nitrogens with zero attached hydrogens (tertiary/aromatic N) is 1. The Bertz CT molecular complexity index is 152. The minimum absolute atomic E-state index is 0. The highest BCUT2D eigenvalue weighted by atomic mass is 16.0. The molecule has 0 aromatic rings. The summed E-state index contributed by atoms with van der Waals surface area (Å²) < 4.78 is 1.13. The Kier molecular flexibility index (Phi) is 5.10. The Balaban J connectivity index is 0.00000169. The number of hydrogen-bond donors (Lipinski definition) is 0. The van der Waals surface area contributed by atoms with Crippen LogP contribution in [0.2, 0.25) is 0 Å². The van der Waals surface area contributed by atoms with Crippen LogP contribution in [0.4, 0.5) is 0 Å². The van der Waals surface area contributed by atoms with E-state index in [0.717, 1.165) is 4.48 Å². The molecule has 2 nitrogen and oxygen atoms in total. The monoisotopic (exact) mass is 201 g/mol. The van der Waals surface area contributed by atoms with Crippen molar-refractivity contribution < 1.29 is 9.96 Å². The van der Waals surface area contributed by atoms with Gasteiger partial charge in [-0.25, -0.2) is 0 Å². The van der Waals surface area contributed by atoms with Crippen LogP contribution in [0.25, 0.3) is 0 Å². The van der Waals surface area contributed by atoms with E-state index >= 15 is 0 Å². The summed E-state index contributed by atoms with van der Waals surface area (Å²) in [4.78, 5) is 0. The first-order chi connectivity index (χ1) is 5.96. The van der Waals surface area contributed by atoms with Crippen LogP contribution in [-0.2, 0) is 0 Å². The molecule has 0 bridgehead atoms. The van der Waals surface area contributed by atoms with E-state index in [0.29, 0.717) is 5.54 Å². The summed E-state index contributed by atoms with van der Waals surface area (Å²) in [5.41, 5.74) is 0.528. The van der Waals surface area contributed by atoms with Gasteiger partial charge in [-0.2, -0.15) is 0 Å². The molecule has 0 aromatic heterocycles. The van der Waals surface area contributed by atoms with E-state index in [9.17, 15) is 0 Å². The summed E-state index contributed by atoms with van der Waals surface area (Å²) in [5.74, 6) is 0. The normalized spacial score (nSPS) is 23.1. The van der Waals surface area contributed by atoms with Crippen LogP contribution in [0.5, 0.6) is 0 Å². The van der Waals surface area contributed by atoms with E-state index in [1.807, 2.05) is 0 Å². The van der Waals surface area contributed by atoms with Crippen molar-refractivity contribution in [2.75, 3.05) is 21.1 Å². The maximum absolute atomic E-state index is 2.47. The number of hydrogen-bond acceptors (Lipinski definition) is 1. The first kappa shape index (κ1) is 13.9. The van der Waals surface area contributed by atoms with Gasteiger partial charge in [-0.15, -0.1) is 0 Å². The summed E-state index contributed by atoms with van der Waals surface area (Å²) in [5, 5.41) is 0. The molecule has 0 radical (unpaired) electrons. The van der Waals surface area contributed by atoms with E-state index in [-0.39, 0.29) is 5.48 Å². The van der Waals surface area contributed by atoms with Gasteiger partial charge in [0, 0.05) is 12.8 Å². The first-order valence-electron chi connectivity index (χ1n) is 5.77. The molecule has 1 N–H and O–H groups in total. The molecule has 2 heteroatoms. The van der Waals surface area contributed by atoms with E-state index in [2.05, 4.69) is 28.1 Å². The zero-order valence-electron chi connectivity index (χ0n) is 10.3. The molecule has 1 aliphatic rings. The number of quaternary nitrogens is 1. The molecule has 1 saturated carbocycles. The van der Waals surface area contributed by atoms with E-state index < -0.39 is 0 Å². The van der Waals surface area contributed by atoms with Gasteiger partial charge in [-0.3, -0.25) is 0 Å². The molecular weight excluding hydrogens is 174 g/mol.